The Morgan fingerprint density at radius 1 is 1.23 bits per heavy atom. The summed E-state index contributed by atoms with van der Waals surface area (Å²) in [4.78, 5) is 38.7. The maximum absolute atomic E-state index is 11.8. The molecule has 4 atom stereocenters. The normalized spacial score (nSPS) is 25.5. The van der Waals surface area contributed by atoms with Crippen molar-refractivity contribution in [2.24, 2.45) is 0 Å². The van der Waals surface area contributed by atoms with Crippen LogP contribution in [0.25, 0.3) is 5.52 Å². The molecule has 12 heteroatoms. The number of esters is 3. The van der Waals surface area contributed by atoms with Crippen molar-refractivity contribution in [1.82, 2.24) is 14.6 Å². The van der Waals surface area contributed by atoms with E-state index in [-0.39, 0.29) is 18.1 Å². The van der Waals surface area contributed by atoms with Crippen molar-refractivity contribution in [2.75, 3.05) is 12.3 Å². The lowest BCUT2D eigenvalue weighted by Gasteiger charge is -2.28. The summed E-state index contributed by atoms with van der Waals surface area (Å²) in [6.45, 7) is 3.15. The third-order valence-corrected chi connectivity index (χ3v) is 4.48. The van der Waals surface area contributed by atoms with E-state index in [1.807, 2.05) is 6.07 Å². The molecule has 30 heavy (non-hydrogen) atoms. The second kappa shape index (κ2) is 7.96. The number of nitrogens with two attached hydrogens (primary N) is 1. The van der Waals surface area contributed by atoms with Crippen LogP contribution in [0.4, 0.5) is 5.82 Å². The average Bonchev–Trinajstić information content (AvgIpc) is 3.21. The van der Waals surface area contributed by atoms with Crippen LogP contribution in [-0.2, 0) is 38.9 Å². The first-order chi connectivity index (χ1) is 14.2. The first-order valence-corrected chi connectivity index (χ1v) is 8.85. The summed E-state index contributed by atoms with van der Waals surface area (Å²) in [5.74, 6) is -1.89. The molecular weight excluding hydrogens is 398 g/mol. The predicted molar refractivity (Wildman–Crippen MR) is 97.3 cm³/mol. The number of fused-ring (bicyclic) bond motifs is 1. The van der Waals surface area contributed by atoms with E-state index in [1.165, 1.54) is 23.8 Å². The summed E-state index contributed by atoms with van der Waals surface area (Å²) in [5, 5.41) is 14.2. The summed E-state index contributed by atoms with van der Waals surface area (Å²) >= 11 is 0. The molecule has 0 radical (unpaired) electrons. The number of carbonyl (C=O) groups excluding carboxylic acids is 3. The molecular formula is C18H19N5O7. The number of rotatable bonds is 5. The SMILES string of the molecule is CC(=O)OC[C@H]1O[C@@](C#N)(c2ccc3c(N)ncnn23)[C@H](OC(C)=O)[C@@H]1OC(C)=O. The molecule has 1 aliphatic rings. The van der Waals surface area contributed by atoms with Crippen molar-refractivity contribution in [1.29, 1.82) is 5.26 Å². The molecule has 3 rings (SSSR count). The summed E-state index contributed by atoms with van der Waals surface area (Å²) < 4.78 is 23.0. The van der Waals surface area contributed by atoms with Gasteiger partial charge in [0, 0.05) is 20.8 Å². The van der Waals surface area contributed by atoms with Gasteiger partial charge < -0.3 is 24.7 Å². The molecule has 2 N–H and O–H groups in total. The minimum Gasteiger partial charge on any atom is -0.463 e. The van der Waals surface area contributed by atoms with Crippen molar-refractivity contribution >= 4 is 29.2 Å². The number of anilines is 1. The Balaban J connectivity index is 2.17. The zero-order chi connectivity index (χ0) is 22.1. The van der Waals surface area contributed by atoms with E-state index in [2.05, 4.69) is 10.1 Å². The van der Waals surface area contributed by atoms with Crippen molar-refractivity contribution < 1.29 is 33.3 Å². The van der Waals surface area contributed by atoms with Crippen molar-refractivity contribution in [3.05, 3.63) is 24.2 Å². The maximum Gasteiger partial charge on any atom is 0.303 e. The summed E-state index contributed by atoms with van der Waals surface area (Å²) in [5.41, 5.74) is 4.48. The number of nitriles is 1. The van der Waals surface area contributed by atoms with Gasteiger partial charge in [0.2, 0.25) is 5.60 Å². The smallest absolute Gasteiger partial charge is 0.303 e. The van der Waals surface area contributed by atoms with Gasteiger partial charge in [-0.2, -0.15) is 10.4 Å². The first-order valence-electron chi connectivity index (χ1n) is 8.85. The number of carbonyl (C=O) groups is 3. The van der Waals surface area contributed by atoms with Crippen LogP contribution in [-0.4, -0.2) is 57.4 Å². The Bertz CT molecular complexity index is 1050. The Labute approximate surface area is 170 Å². The highest BCUT2D eigenvalue weighted by atomic mass is 16.7. The number of hydrogen-bond donors (Lipinski definition) is 1. The van der Waals surface area contributed by atoms with Crippen LogP contribution < -0.4 is 5.73 Å². The highest BCUT2D eigenvalue weighted by Gasteiger charge is 2.62. The Hall–Kier alpha value is -3.72. The van der Waals surface area contributed by atoms with E-state index < -0.39 is 41.8 Å². The molecule has 3 heterocycles. The maximum atomic E-state index is 11.8. The number of nitrogen functional groups attached to an aromatic ring is 1. The molecule has 0 bridgehead atoms. The lowest BCUT2D eigenvalue weighted by Crippen LogP contribution is -2.45. The Morgan fingerprint density at radius 3 is 2.53 bits per heavy atom. The Kier molecular flexibility index (Phi) is 5.57. The van der Waals surface area contributed by atoms with Gasteiger partial charge in [-0.1, -0.05) is 0 Å². The Morgan fingerprint density at radius 2 is 1.93 bits per heavy atom. The number of hydrogen-bond acceptors (Lipinski definition) is 11. The quantitative estimate of drug-likeness (QED) is 0.507. The lowest BCUT2D eigenvalue weighted by molar-refractivity contribution is -0.167. The third-order valence-electron chi connectivity index (χ3n) is 4.48. The van der Waals surface area contributed by atoms with E-state index in [0.29, 0.717) is 5.52 Å². The molecule has 0 saturated carbocycles. The van der Waals surface area contributed by atoms with Crippen LogP contribution >= 0.6 is 0 Å². The minimum atomic E-state index is -1.94. The number of aromatic nitrogens is 3. The zero-order valence-electron chi connectivity index (χ0n) is 16.4. The van der Waals surface area contributed by atoms with Crippen LogP contribution in [0.5, 0.6) is 0 Å². The van der Waals surface area contributed by atoms with E-state index in [1.54, 1.807) is 6.07 Å². The fourth-order valence-corrected chi connectivity index (χ4v) is 3.37. The van der Waals surface area contributed by atoms with E-state index in [4.69, 9.17) is 24.7 Å². The lowest BCUT2D eigenvalue weighted by atomic mass is 9.92. The summed E-state index contributed by atoms with van der Waals surface area (Å²) in [6.07, 6.45) is -2.51. The average molecular weight is 417 g/mol. The number of nitrogens with zero attached hydrogens (tertiary/aromatic N) is 4. The van der Waals surface area contributed by atoms with Gasteiger partial charge in [0.25, 0.3) is 0 Å². The van der Waals surface area contributed by atoms with Crippen LogP contribution in [0.15, 0.2) is 18.5 Å². The topological polar surface area (TPSA) is 168 Å². The third kappa shape index (κ3) is 3.62. The van der Waals surface area contributed by atoms with Crippen molar-refractivity contribution in [3.8, 4) is 6.07 Å². The molecule has 0 spiro atoms. The monoisotopic (exact) mass is 417 g/mol. The van der Waals surface area contributed by atoms with Gasteiger partial charge in [0.05, 0.1) is 5.69 Å². The molecule has 12 nitrogen and oxygen atoms in total. The minimum absolute atomic E-state index is 0.152. The van der Waals surface area contributed by atoms with E-state index >= 15 is 0 Å². The highest BCUT2D eigenvalue weighted by Crippen LogP contribution is 2.43. The van der Waals surface area contributed by atoms with Gasteiger partial charge in [-0.3, -0.25) is 14.4 Å². The highest BCUT2D eigenvalue weighted by molar-refractivity contribution is 5.69. The van der Waals surface area contributed by atoms with Crippen LogP contribution in [0.1, 0.15) is 26.5 Å². The van der Waals surface area contributed by atoms with Crippen LogP contribution in [0.3, 0.4) is 0 Å². The van der Waals surface area contributed by atoms with Crippen LogP contribution in [0, 0.1) is 11.3 Å². The largest absolute Gasteiger partial charge is 0.463 e. The van der Waals surface area contributed by atoms with Gasteiger partial charge in [-0.25, -0.2) is 9.50 Å². The second-order valence-electron chi connectivity index (χ2n) is 6.57. The van der Waals surface area contributed by atoms with Crippen molar-refractivity contribution in [3.63, 3.8) is 0 Å². The molecule has 0 amide bonds. The molecule has 2 aromatic heterocycles. The van der Waals surface area contributed by atoms with Gasteiger partial charge in [0.1, 0.15) is 30.6 Å². The van der Waals surface area contributed by atoms with E-state index in [9.17, 15) is 19.6 Å². The molecule has 1 saturated heterocycles. The molecule has 0 aliphatic carbocycles. The van der Waals surface area contributed by atoms with Crippen molar-refractivity contribution in [2.45, 2.75) is 44.7 Å². The molecule has 1 fully saturated rings. The fourth-order valence-electron chi connectivity index (χ4n) is 3.37. The zero-order valence-corrected chi connectivity index (χ0v) is 16.4. The predicted octanol–water partition coefficient (Wildman–Crippen LogP) is -0.144. The molecule has 1 aliphatic heterocycles. The van der Waals surface area contributed by atoms with Gasteiger partial charge in [-0.15, -0.1) is 0 Å². The van der Waals surface area contributed by atoms with E-state index in [0.717, 1.165) is 13.8 Å². The van der Waals surface area contributed by atoms with Gasteiger partial charge in [-0.05, 0) is 12.1 Å². The number of ether oxygens (including phenoxy) is 4. The summed E-state index contributed by atoms with van der Waals surface area (Å²) in [7, 11) is 0. The second-order valence-corrected chi connectivity index (χ2v) is 6.57. The van der Waals surface area contributed by atoms with Gasteiger partial charge in [0.15, 0.2) is 18.0 Å². The summed E-state index contributed by atoms with van der Waals surface area (Å²) in [6, 6.07) is 5.10. The van der Waals surface area contributed by atoms with Gasteiger partial charge >= 0.3 is 17.9 Å². The molecule has 158 valence electrons. The molecule has 2 aromatic rings. The standard InChI is InChI=1S/C18H19N5O7/c1-9(24)27-6-13-15(28-10(2)25)16(29-11(3)26)18(7-19,30-13)14-5-4-12-17(20)21-8-22-23(12)14/h4-5,8,13,15-16H,6H2,1-3H3,(H2,20,21,22)/t13-,15-,16-,18+/m1/s1. The molecule has 0 unspecified atom stereocenters. The first kappa shape index (κ1) is 21.0. The molecule has 0 aromatic carbocycles. The van der Waals surface area contributed by atoms with Crippen LogP contribution in [0.2, 0.25) is 0 Å². The fraction of sp³-hybridized carbons (Fsp3) is 0.444.